The van der Waals surface area contributed by atoms with Gasteiger partial charge < -0.3 is 10.2 Å². The largest absolute Gasteiger partial charge is 0.416 e. The van der Waals surface area contributed by atoms with E-state index in [-0.39, 0.29) is 11.3 Å². The lowest BCUT2D eigenvalue weighted by atomic mass is 10.1. The van der Waals surface area contributed by atoms with Crippen molar-refractivity contribution < 1.29 is 22.9 Å². The zero-order valence-corrected chi connectivity index (χ0v) is 17.0. The molecule has 1 amide bonds. The molecule has 0 aliphatic carbocycles. The molecule has 166 valence electrons. The van der Waals surface area contributed by atoms with Gasteiger partial charge in [-0.1, -0.05) is 12.1 Å². The summed E-state index contributed by atoms with van der Waals surface area (Å²) in [6, 6.07) is 9.41. The van der Waals surface area contributed by atoms with Crippen molar-refractivity contribution in [2.75, 3.05) is 38.1 Å². The molecule has 0 radical (unpaired) electrons. The molecule has 2 aromatic rings. The first-order valence-electron chi connectivity index (χ1n) is 9.83. The number of non-ortho nitro benzene ring substituents is 1. The molecule has 0 aromatic heterocycles. The highest BCUT2D eigenvalue weighted by Crippen LogP contribution is 2.30. The van der Waals surface area contributed by atoms with Gasteiger partial charge in [-0.3, -0.25) is 19.8 Å². The molecule has 1 aliphatic rings. The second-order valence-electron chi connectivity index (χ2n) is 7.35. The monoisotopic (exact) mass is 436 g/mol. The second kappa shape index (κ2) is 9.34. The number of carbonyl (C=O) groups excluding carboxylic acids is 1. The van der Waals surface area contributed by atoms with Crippen LogP contribution in [0.25, 0.3) is 0 Å². The van der Waals surface area contributed by atoms with E-state index >= 15 is 0 Å². The van der Waals surface area contributed by atoms with E-state index in [9.17, 15) is 28.1 Å². The van der Waals surface area contributed by atoms with Crippen molar-refractivity contribution >= 4 is 17.3 Å². The Morgan fingerprint density at radius 1 is 1.10 bits per heavy atom. The van der Waals surface area contributed by atoms with Crippen LogP contribution in [0.2, 0.25) is 0 Å². The molecule has 7 nitrogen and oxygen atoms in total. The van der Waals surface area contributed by atoms with E-state index in [1.165, 1.54) is 31.3 Å². The fraction of sp³-hybridized carbons (Fsp3) is 0.381. The molecule has 1 saturated heterocycles. The standard InChI is InChI=1S/C21H23F3N4O3/c1-25-20(29)18-13-17(28(30)31)7-8-19(18)27-10-2-9-26(11-12-27)14-15-3-5-16(6-4-15)21(22,23)24/h3-8,13H,2,9-12,14H2,1H3,(H,25,29). The average molecular weight is 436 g/mol. The molecule has 0 atom stereocenters. The number of nitro benzene ring substituents is 1. The van der Waals surface area contributed by atoms with Gasteiger partial charge in [0.15, 0.2) is 0 Å². The third-order valence-corrected chi connectivity index (χ3v) is 5.28. The molecular formula is C21H23F3N4O3. The molecule has 0 spiro atoms. The van der Waals surface area contributed by atoms with Crippen LogP contribution in [0.1, 0.15) is 27.9 Å². The average Bonchev–Trinajstić information content (AvgIpc) is 2.98. The summed E-state index contributed by atoms with van der Waals surface area (Å²) in [5, 5.41) is 13.6. The predicted molar refractivity (Wildman–Crippen MR) is 110 cm³/mol. The first-order chi connectivity index (χ1) is 14.7. The summed E-state index contributed by atoms with van der Waals surface area (Å²) in [4.78, 5) is 27.0. The van der Waals surface area contributed by atoms with Crippen molar-refractivity contribution in [3.05, 3.63) is 69.3 Å². The van der Waals surface area contributed by atoms with Crippen LogP contribution in [0, 0.1) is 10.1 Å². The van der Waals surface area contributed by atoms with Gasteiger partial charge in [-0.25, -0.2) is 0 Å². The molecule has 2 aromatic carbocycles. The number of nitro groups is 1. The van der Waals surface area contributed by atoms with Crippen molar-refractivity contribution in [3.63, 3.8) is 0 Å². The van der Waals surface area contributed by atoms with Crippen LogP contribution in [0.5, 0.6) is 0 Å². The molecule has 3 rings (SSSR count). The van der Waals surface area contributed by atoms with Gasteiger partial charge in [-0.2, -0.15) is 13.2 Å². The Labute approximate surface area is 177 Å². The van der Waals surface area contributed by atoms with E-state index in [0.717, 1.165) is 30.7 Å². The lowest BCUT2D eigenvalue weighted by Crippen LogP contribution is -2.32. The normalized spacial score (nSPS) is 15.4. The fourth-order valence-electron chi connectivity index (χ4n) is 3.66. The maximum Gasteiger partial charge on any atom is 0.416 e. The van der Waals surface area contributed by atoms with Gasteiger partial charge in [-0.15, -0.1) is 0 Å². The Hall–Kier alpha value is -3.14. The lowest BCUT2D eigenvalue weighted by molar-refractivity contribution is -0.384. The number of rotatable bonds is 5. The minimum atomic E-state index is -4.35. The molecule has 31 heavy (non-hydrogen) atoms. The van der Waals surface area contributed by atoms with Crippen LogP contribution in [0.15, 0.2) is 42.5 Å². The highest BCUT2D eigenvalue weighted by molar-refractivity contribution is 6.00. The molecule has 10 heteroatoms. The van der Waals surface area contributed by atoms with E-state index in [0.29, 0.717) is 31.9 Å². The molecule has 0 saturated carbocycles. The van der Waals surface area contributed by atoms with Gasteiger partial charge in [0.2, 0.25) is 0 Å². The van der Waals surface area contributed by atoms with Crippen LogP contribution in [0.4, 0.5) is 24.5 Å². The predicted octanol–water partition coefficient (Wildman–Crippen LogP) is 3.69. The van der Waals surface area contributed by atoms with E-state index in [2.05, 4.69) is 10.2 Å². The van der Waals surface area contributed by atoms with Crippen LogP contribution < -0.4 is 10.2 Å². The third kappa shape index (κ3) is 5.52. The first kappa shape index (κ1) is 22.5. The molecule has 0 unspecified atom stereocenters. The van der Waals surface area contributed by atoms with Crippen LogP contribution >= 0.6 is 0 Å². The van der Waals surface area contributed by atoms with Crippen molar-refractivity contribution in [2.24, 2.45) is 0 Å². The van der Waals surface area contributed by atoms with E-state index < -0.39 is 22.6 Å². The molecular weight excluding hydrogens is 413 g/mol. The lowest BCUT2D eigenvalue weighted by Gasteiger charge is -2.25. The van der Waals surface area contributed by atoms with Gasteiger partial charge in [-0.05, 0) is 30.2 Å². The van der Waals surface area contributed by atoms with Crippen LogP contribution in [-0.4, -0.2) is 49.0 Å². The summed E-state index contributed by atoms with van der Waals surface area (Å²) in [6.07, 6.45) is -3.57. The summed E-state index contributed by atoms with van der Waals surface area (Å²) < 4.78 is 38.2. The number of halogens is 3. The number of nitrogens with zero attached hydrogens (tertiary/aromatic N) is 3. The van der Waals surface area contributed by atoms with E-state index in [1.807, 2.05) is 4.90 Å². The summed E-state index contributed by atoms with van der Waals surface area (Å²) in [7, 11) is 1.47. The maximum absolute atomic E-state index is 12.7. The number of hydrogen-bond acceptors (Lipinski definition) is 5. The van der Waals surface area contributed by atoms with Crippen molar-refractivity contribution in [3.8, 4) is 0 Å². The summed E-state index contributed by atoms with van der Waals surface area (Å²) in [5.41, 5.74) is 0.844. The second-order valence-corrected chi connectivity index (χ2v) is 7.35. The Morgan fingerprint density at radius 3 is 2.42 bits per heavy atom. The zero-order chi connectivity index (χ0) is 22.6. The number of anilines is 1. The topological polar surface area (TPSA) is 78.7 Å². The van der Waals surface area contributed by atoms with Gasteiger partial charge in [0.05, 0.1) is 21.7 Å². The Bertz CT molecular complexity index is 948. The van der Waals surface area contributed by atoms with Gasteiger partial charge >= 0.3 is 6.18 Å². The fourth-order valence-corrected chi connectivity index (χ4v) is 3.66. The molecule has 1 fully saturated rings. The van der Waals surface area contributed by atoms with E-state index in [4.69, 9.17) is 0 Å². The first-order valence-corrected chi connectivity index (χ1v) is 9.83. The smallest absolute Gasteiger partial charge is 0.370 e. The number of carbonyl (C=O) groups is 1. The zero-order valence-electron chi connectivity index (χ0n) is 17.0. The molecule has 0 bridgehead atoms. The summed E-state index contributed by atoms with van der Waals surface area (Å²) in [6.45, 7) is 3.16. The van der Waals surface area contributed by atoms with Gasteiger partial charge in [0.25, 0.3) is 11.6 Å². The Kier molecular flexibility index (Phi) is 6.79. The SMILES string of the molecule is CNC(=O)c1cc([N+](=O)[O-])ccc1N1CCCN(Cc2ccc(C(F)(F)F)cc2)CC1. The van der Waals surface area contributed by atoms with Gasteiger partial charge in [0, 0.05) is 51.9 Å². The molecule has 1 aliphatic heterocycles. The van der Waals surface area contributed by atoms with Crippen molar-refractivity contribution in [2.45, 2.75) is 19.1 Å². The summed E-state index contributed by atoms with van der Waals surface area (Å²) >= 11 is 0. The molecule has 1 heterocycles. The molecule has 1 N–H and O–H groups in total. The van der Waals surface area contributed by atoms with Crippen molar-refractivity contribution in [1.82, 2.24) is 10.2 Å². The maximum atomic E-state index is 12.7. The number of benzene rings is 2. The summed E-state index contributed by atoms with van der Waals surface area (Å²) in [5.74, 6) is -0.399. The number of hydrogen-bond donors (Lipinski definition) is 1. The van der Waals surface area contributed by atoms with E-state index in [1.54, 1.807) is 6.07 Å². The third-order valence-electron chi connectivity index (χ3n) is 5.28. The number of nitrogens with one attached hydrogen (secondary N) is 1. The Balaban J connectivity index is 1.71. The van der Waals surface area contributed by atoms with Gasteiger partial charge in [0.1, 0.15) is 0 Å². The number of alkyl halides is 3. The number of amides is 1. The van der Waals surface area contributed by atoms with Crippen LogP contribution in [-0.2, 0) is 12.7 Å². The highest BCUT2D eigenvalue weighted by atomic mass is 19.4. The Morgan fingerprint density at radius 2 is 1.81 bits per heavy atom. The van der Waals surface area contributed by atoms with Crippen LogP contribution in [0.3, 0.4) is 0 Å². The van der Waals surface area contributed by atoms with Crippen molar-refractivity contribution in [1.29, 1.82) is 0 Å². The highest BCUT2D eigenvalue weighted by Gasteiger charge is 2.30. The minimum absolute atomic E-state index is 0.152. The minimum Gasteiger partial charge on any atom is -0.370 e. The quantitative estimate of drug-likeness (QED) is 0.571.